The number of amides is 1. The van der Waals surface area contributed by atoms with E-state index in [9.17, 15) is 18.0 Å². The summed E-state index contributed by atoms with van der Waals surface area (Å²) in [7, 11) is 0. The molecular formula is C22H23F3N6O. The molecule has 1 unspecified atom stereocenters. The van der Waals surface area contributed by atoms with E-state index in [1.165, 1.54) is 12.3 Å². The lowest BCUT2D eigenvalue weighted by atomic mass is 10.1. The zero-order chi connectivity index (χ0) is 22.6. The van der Waals surface area contributed by atoms with Crippen molar-refractivity contribution in [3.63, 3.8) is 0 Å². The van der Waals surface area contributed by atoms with Gasteiger partial charge in [0, 0.05) is 37.1 Å². The Morgan fingerprint density at radius 3 is 2.75 bits per heavy atom. The smallest absolute Gasteiger partial charge is 0.357 e. The first-order valence-corrected chi connectivity index (χ1v) is 10.3. The quantitative estimate of drug-likeness (QED) is 0.466. The Morgan fingerprint density at radius 1 is 1.22 bits per heavy atom. The third-order valence-corrected chi connectivity index (χ3v) is 5.22. The number of aromatic amines is 1. The zero-order valence-corrected chi connectivity index (χ0v) is 17.2. The molecule has 0 bridgehead atoms. The number of nitrogens with zero attached hydrogens (tertiary/aromatic N) is 2. The van der Waals surface area contributed by atoms with E-state index in [0.29, 0.717) is 13.1 Å². The number of anilines is 1. The Kier molecular flexibility index (Phi) is 6.40. The van der Waals surface area contributed by atoms with Gasteiger partial charge in [0.2, 0.25) is 5.95 Å². The van der Waals surface area contributed by atoms with Gasteiger partial charge in [-0.25, -0.2) is 9.97 Å². The van der Waals surface area contributed by atoms with Crippen LogP contribution in [0, 0.1) is 0 Å². The number of alkyl halides is 3. The number of carbonyl (C=O) groups excluding carboxylic acids is 1. The fraction of sp³-hybridized carbons (Fsp3) is 0.318. The van der Waals surface area contributed by atoms with Crippen LogP contribution in [0.1, 0.15) is 34.5 Å². The minimum atomic E-state index is -4.63. The average Bonchev–Trinajstić information content (AvgIpc) is 3.28. The van der Waals surface area contributed by atoms with Crippen LogP contribution in [-0.4, -0.2) is 40.0 Å². The van der Waals surface area contributed by atoms with Crippen molar-refractivity contribution in [1.29, 1.82) is 0 Å². The minimum Gasteiger partial charge on any atom is -0.357 e. The maximum Gasteiger partial charge on any atom is 0.419 e. The molecule has 1 aromatic carbocycles. The number of hydrogen-bond acceptors (Lipinski definition) is 5. The molecule has 3 aromatic rings. The van der Waals surface area contributed by atoms with Crippen LogP contribution >= 0.6 is 0 Å². The number of halogens is 3. The van der Waals surface area contributed by atoms with E-state index >= 15 is 0 Å². The number of aromatic nitrogens is 3. The van der Waals surface area contributed by atoms with Gasteiger partial charge in [-0.15, -0.1) is 0 Å². The molecule has 2 aromatic heterocycles. The molecule has 0 aliphatic carbocycles. The van der Waals surface area contributed by atoms with Crippen molar-refractivity contribution < 1.29 is 18.0 Å². The Hall–Kier alpha value is -3.40. The Balaban J connectivity index is 1.55. The molecule has 1 aliphatic rings. The topological polar surface area (TPSA) is 94.7 Å². The lowest BCUT2D eigenvalue weighted by Gasteiger charge is -2.24. The molecule has 7 nitrogen and oxygen atoms in total. The van der Waals surface area contributed by atoms with Crippen molar-refractivity contribution in [2.24, 2.45) is 0 Å². The molecule has 1 atom stereocenters. The van der Waals surface area contributed by atoms with Gasteiger partial charge in [0.25, 0.3) is 5.91 Å². The second-order valence-electron chi connectivity index (χ2n) is 7.61. The SMILES string of the molecule is O=C(NCc1ccccc1)c1cc(-c2nc(NC3CCCNC3)ncc2C(F)(F)F)c[nH]1. The van der Waals surface area contributed by atoms with Gasteiger partial charge in [0.05, 0.1) is 5.69 Å². The van der Waals surface area contributed by atoms with Crippen LogP contribution < -0.4 is 16.0 Å². The highest BCUT2D eigenvalue weighted by atomic mass is 19.4. The van der Waals surface area contributed by atoms with Gasteiger partial charge in [-0.05, 0) is 31.0 Å². The van der Waals surface area contributed by atoms with Gasteiger partial charge in [0.15, 0.2) is 0 Å². The van der Waals surface area contributed by atoms with Crippen molar-refractivity contribution in [1.82, 2.24) is 25.6 Å². The summed E-state index contributed by atoms with van der Waals surface area (Å²) < 4.78 is 40.8. The highest BCUT2D eigenvalue weighted by Gasteiger charge is 2.36. The number of rotatable bonds is 6. The van der Waals surface area contributed by atoms with E-state index in [1.54, 1.807) is 0 Å². The second kappa shape index (κ2) is 9.39. The molecule has 10 heteroatoms. The van der Waals surface area contributed by atoms with Gasteiger partial charge in [-0.1, -0.05) is 30.3 Å². The molecule has 1 fully saturated rings. The van der Waals surface area contributed by atoms with Gasteiger partial charge >= 0.3 is 6.18 Å². The molecule has 168 valence electrons. The van der Waals surface area contributed by atoms with Crippen LogP contribution in [0.15, 0.2) is 48.8 Å². The molecule has 4 N–H and O–H groups in total. The van der Waals surface area contributed by atoms with Crippen LogP contribution in [-0.2, 0) is 12.7 Å². The summed E-state index contributed by atoms with van der Waals surface area (Å²) in [6.07, 6.45) is -0.662. The van der Waals surface area contributed by atoms with Crippen molar-refractivity contribution >= 4 is 11.9 Å². The van der Waals surface area contributed by atoms with E-state index < -0.39 is 17.6 Å². The molecule has 1 amide bonds. The van der Waals surface area contributed by atoms with Crippen LogP contribution in [0.5, 0.6) is 0 Å². The number of hydrogen-bond donors (Lipinski definition) is 4. The number of carbonyl (C=O) groups is 1. The summed E-state index contributed by atoms with van der Waals surface area (Å²) in [5.41, 5.74) is -0.0176. The first kappa shape index (κ1) is 21.8. The predicted molar refractivity (Wildman–Crippen MR) is 114 cm³/mol. The molecule has 0 spiro atoms. The van der Waals surface area contributed by atoms with Crippen LogP contribution in [0.4, 0.5) is 19.1 Å². The highest BCUT2D eigenvalue weighted by Crippen LogP contribution is 2.36. The molecule has 1 aliphatic heterocycles. The summed E-state index contributed by atoms with van der Waals surface area (Å²) in [6.45, 7) is 1.91. The monoisotopic (exact) mass is 444 g/mol. The lowest BCUT2D eigenvalue weighted by molar-refractivity contribution is -0.137. The fourth-order valence-electron chi connectivity index (χ4n) is 3.57. The molecule has 0 saturated carbocycles. The van der Waals surface area contributed by atoms with E-state index in [1.807, 2.05) is 30.3 Å². The average molecular weight is 444 g/mol. The first-order chi connectivity index (χ1) is 15.4. The van der Waals surface area contributed by atoms with Crippen molar-refractivity contribution in [2.45, 2.75) is 31.6 Å². The third kappa shape index (κ3) is 5.25. The Bertz CT molecular complexity index is 1060. The number of benzene rings is 1. The summed E-state index contributed by atoms with van der Waals surface area (Å²) in [6, 6.07) is 10.7. The maximum absolute atomic E-state index is 13.6. The van der Waals surface area contributed by atoms with Gasteiger partial charge < -0.3 is 20.9 Å². The van der Waals surface area contributed by atoms with Crippen molar-refractivity contribution in [3.8, 4) is 11.3 Å². The molecule has 4 rings (SSSR count). The van der Waals surface area contributed by atoms with E-state index in [4.69, 9.17) is 0 Å². The summed E-state index contributed by atoms with van der Waals surface area (Å²) >= 11 is 0. The predicted octanol–water partition coefficient (Wildman–Crippen LogP) is 3.58. The van der Waals surface area contributed by atoms with Crippen LogP contribution in [0.2, 0.25) is 0 Å². The number of piperidine rings is 1. The Morgan fingerprint density at radius 2 is 2.03 bits per heavy atom. The number of nitrogens with one attached hydrogen (secondary N) is 4. The van der Waals surface area contributed by atoms with Gasteiger partial charge in [-0.3, -0.25) is 4.79 Å². The lowest BCUT2D eigenvalue weighted by Crippen LogP contribution is -2.38. The summed E-state index contributed by atoms with van der Waals surface area (Å²) in [5.74, 6) is -0.299. The maximum atomic E-state index is 13.6. The van der Waals surface area contributed by atoms with E-state index in [2.05, 4.69) is 30.9 Å². The number of H-pyrrole nitrogens is 1. The molecule has 32 heavy (non-hydrogen) atoms. The minimum absolute atomic E-state index is 0.0406. The van der Waals surface area contributed by atoms with Gasteiger partial charge in [0.1, 0.15) is 11.3 Å². The third-order valence-electron chi connectivity index (χ3n) is 5.22. The fourth-order valence-corrected chi connectivity index (χ4v) is 3.57. The molecular weight excluding hydrogens is 421 g/mol. The normalized spacial score (nSPS) is 16.5. The second-order valence-corrected chi connectivity index (χ2v) is 7.61. The molecule has 0 radical (unpaired) electrons. The highest BCUT2D eigenvalue weighted by molar-refractivity contribution is 5.93. The zero-order valence-electron chi connectivity index (χ0n) is 17.2. The first-order valence-electron chi connectivity index (χ1n) is 10.3. The molecule has 1 saturated heterocycles. The standard InChI is InChI=1S/C22H23F3N6O/c23-22(24,25)17-13-29-21(30-16-7-4-8-26-12-16)31-19(17)15-9-18(27-11-15)20(32)28-10-14-5-2-1-3-6-14/h1-3,5-6,9,11,13,16,26-27H,4,7-8,10,12H2,(H,28,32)(H,29,30,31). The summed E-state index contributed by atoms with van der Waals surface area (Å²) in [5, 5.41) is 9.07. The summed E-state index contributed by atoms with van der Waals surface area (Å²) in [4.78, 5) is 23.2. The van der Waals surface area contributed by atoms with Crippen molar-refractivity contribution in [3.05, 3.63) is 65.6 Å². The van der Waals surface area contributed by atoms with E-state index in [0.717, 1.165) is 31.1 Å². The largest absolute Gasteiger partial charge is 0.419 e. The Labute approximate surface area is 182 Å². The van der Waals surface area contributed by atoms with Crippen LogP contribution in [0.3, 0.4) is 0 Å². The molecule has 3 heterocycles. The van der Waals surface area contributed by atoms with Crippen molar-refractivity contribution in [2.75, 3.05) is 18.4 Å². The van der Waals surface area contributed by atoms with E-state index in [-0.39, 0.29) is 28.9 Å². The van der Waals surface area contributed by atoms with Gasteiger partial charge in [-0.2, -0.15) is 13.2 Å². The van der Waals surface area contributed by atoms with Crippen LogP contribution in [0.25, 0.3) is 11.3 Å².